The minimum atomic E-state index is -3.79. The summed E-state index contributed by atoms with van der Waals surface area (Å²) < 4.78 is 40.1. The van der Waals surface area contributed by atoms with Crippen LogP contribution in [0.5, 0.6) is 0 Å². The molecule has 1 amide bonds. The fraction of sp³-hybridized carbons (Fsp3) is 0.533. The van der Waals surface area contributed by atoms with Crippen LogP contribution in [-0.2, 0) is 14.8 Å². The number of rotatable bonds is 4. The van der Waals surface area contributed by atoms with Crippen LogP contribution < -0.4 is 5.32 Å². The van der Waals surface area contributed by atoms with Gasteiger partial charge in [0.2, 0.25) is 15.9 Å². The van der Waals surface area contributed by atoms with Gasteiger partial charge in [-0.05, 0) is 56.4 Å². The van der Waals surface area contributed by atoms with E-state index in [1.165, 1.54) is 16.4 Å². The van der Waals surface area contributed by atoms with Crippen LogP contribution in [-0.4, -0.2) is 37.3 Å². The van der Waals surface area contributed by atoms with Gasteiger partial charge in [-0.25, -0.2) is 12.8 Å². The summed E-state index contributed by atoms with van der Waals surface area (Å²) in [5.41, 5.74) is 0.355. The van der Waals surface area contributed by atoms with Crippen molar-refractivity contribution in [3.63, 3.8) is 0 Å². The molecule has 120 valence electrons. The average molecular weight is 326 g/mol. The lowest BCUT2D eigenvalue weighted by atomic mass is 10.2. The lowest BCUT2D eigenvalue weighted by Crippen LogP contribution is -2.46. The minimum Gasteiger partial charge on any atom is -0.352 e. The van der Waals surface area contributed by atoms with Crippen molar-refractivity contribution in [2.45, 2.75) is 49.6 Å². The fourth-order valence-corrected chi connectivity index (χ4v) is 4.71. The first-order chi connectivity index (χ1) is 10.4. The van der Waals surface area contributed by atoms with E-state index in [1.807, 2.05) is 0 Å². The Morgan fingerprint density at radius 3 is 2.68 bits per heavy atom. The van der Waals surface area contributed by atoms with Crippen LogP contribution in [0.2, 0.25) is 0 Å². The molecule has 0 bridgehead atoms. The molecule has 0 spiro atoms. The fourth-order valence-electron chi connectivity index (χ4n) is 2.84. The van der Waals surface area contributed by atoms with Crippen LogP contribution in [0.15, 0.2) is 23.1 Å². The molecule has 0 aromatic heterocycles. The molecule has 1 aliphatic heterocycles. The number of hydrogen-bond donors (Lipinski definition) is 1. The number of carbonyl (C=O) groups excluding carboxylic acids is 1. The molecule has 1 atom stereocenters. The molecule has 2 fully saturated rings. The summed E-state index contributed by atoms with van der Waals surface area (Å²) >= 11 is 0. The zero-order valence-electron chi connectivity index (χ0n) is 12.4. The third-order valence-electron chi connectivity index (χ3n) is 4.15. The summed E-state index contributed by atoms with van der Waals surface area (Å²) in [5, 5.41) is 2.87. The number of halogens is 1. The Labute approximate surface area is 129 Å². The number of hydrogen-bond acceptors (Lipinski definition) is 3. The number of carbonyl (C=O) groups is 1. The Morgan fingerprint density at radius 1 is 1.32 bits per heavy atom. The van der Waals surface area contributed by atoms with Crippen molar-refractivity contribution in [2.75, 3.05) is 6.54 Å². The zero-order chi connectivity index (χ0) is 15.9. The van der Waals surface area contributed by atoms with Crippen molar-refractivity contribution in [1.29, 1.82) is 0 Å². The van der Waals surface area contributed by atoms with Crippen LogP contribution in [0.25, 0.3) is 0 Å². The number of benzene rings is 1. The average Bonchev–Trinajstić information content (AvgIpc) is 3.10. The van der Waals surface area contributed by atoms with E-state index in [0.717, 1.165) is 18.9 Å². The summed E-state index contributed by atoms with van der Waals surface area (Å²) in [4.78, 5) is 12.3. The molecule has 1 heterocycles. The molecule has 3 rings (SSSR count). The predicted octanol–water partition coefficient (Wildman–Crippen LogP) is 1.57. The van der Waals surface area contributed by atoms with Crippen molar-refractivity contribution in [1.82, 2.24) is 9.62 Å². The maximum atomic E-state index is 13.2. The molecule has 2 aliphatic rings. The van der Waals surface area contributed by atoms with Gasteiger partial charge in [0.1, 0.15) is 11.9 Å². The van der Waals surface area contributed by atoms with E-state index >= 15 is 0 Å². The molecule has 1 unspecified atom stereocenters. The first kappa shape index (κ1) is 15.4. The third-order valence-corrected chi connectivity index (χ3v) is 6.22. The Morgan fingerprint density at radius 2 is 2.05 bits per heavy atom. The second-order valence-electron chi connectivity index (χ2n) is 5.97. The van der Waals surface area contributed by atoms with Crippen molar-refractivity contribution in [3.05, 3.63) is 29.6 Å². The predicted molar refractivity (Wildman–Crippen MR) is 79.2 cm³/mol. The number of nitrogens with zero attached hydrogens (tertiary/aromatic N) is 1. The van der Waals surface area contributed by atoms with Gasteiger partial charge in [-0.1, -0.05) is 0 Å². The van der Waals surface area contributed by atoms with E-state index in [9.17, 15) is 17.6 Å². The zero-order valence-corrected chi connectivity index (χ0v) is 13.2. The minimum absolute atomic E-state index is 0.0695. The van der Waals surface area contributed by atoms with Crippen LogP contribution in [0, 0.1) is 12.7 Å². The second-order valence-corrected chi connectivity index (χ2v) is 7.83. The van der Waals surface area contributed by atoms with Gasteiger partial charge in [0.15, 0.2) is 0 Å². The van der Waals surface area contributed by atoms with Gasteiger partial charge in [-0.2, -0.15) is 4.31 Å². The maximum absolute atomic E-state index is 13.2. The van der Waals surface area contributed by atoms with E-state index in [1.54, 1.807) is 6.92 Å². The Balaban J connectivity index is 1.88. The van der Waals surface area contributed by atoms with Gasteiger partial charge >= 0.3 is 0 Å². The van der Waals surface area contributed by atoms with Crippen LogP contribution in [0.1, 0.15) is 31.2 Å². The molecule has 0 radical (unpaired) electrons. The second kappa shape index (κ2) is 5.62. The molecule has 7 heteroatoms. The molecule has 1 aliphatic carbocycles. The monoisotopic (exact) mass is 326 g/mol. The third kappa shape index (κ3) is 2.87. The maximum Gasteiger partial charge on any atom is 0.244 e. The molecule has 1 saturated heterocycles. The molecule has 1 aromatic carbocycles. The van der Waals surface area contributed by atoms with Crippen molar-refractivity contribution >= 4 is 15.9 Å². The number of aryl methyl sites for hydroxylation is 1. The summed E-state index contributed by atoms with van der Waals surface area (Å²) in [6, 6.07) is 3.14. The smallest absolute Gasteiger partial charge is 0.244 e. The van der Waals surface area contributed by atoms with Gasteiger partial charge in [0, 0.05) is 12.6 Å². The lowest BCUT2D eigenvalue weighted by Gasteiger charge is -2.24. The molecule has 1 aromatic rings. The van der Waals surface area contributed by atoms with Gasteiger partial charge in [-0.3, -0.25) is 4.79 Å². The normalized spacial score (nSPS) is 22.7. The molecular weight excluding hydrogens is 307 g/mol. The van der Waals surface area contributed by atoms with Gasteiger partial charge < -0.3 is 5.32 Å². The summed E-state index contributed by atoms with van der Waals surface area (Å²) in [7, 11) is -3.79. The SMILES string of the molecule is Cc1cc(F)ccc1S(=O)(=O)N1CCCC1C(=O)NC1CC1. The van der Waals surface area contributed by atoms with Gasteiger partial charge in [0.25, 0.3) is 0 Å². The molecule has 1 N–H and O–H groups in total. The van der Waals surface area contributed by atoms with Crippen molar-refractivity contribution in [2.24, 2.45) is 0 Å². The van der Waals surface area contributed by atoms with Crippen LogP contribution in [0.4, 0.5) is 4.39 Å². The topological polar surface area (TPSA) is 66.5 Å². The number of amides is 1. The van der Waals surface area contributed by atoms with E-state index in [4.69, 9.17) is 0 Å². The van der Waals surface area contributed by atoms with E-state index in [2.05, 4.69) is 5.32 Å². The Hall–Kier alpha value is -1.47. The molecule has 22 heavy (non-hydrogen) atoms. The van der Waals surface area contributed by atoms with E-state index in [0.29, 0.717) is 24.9 Å². The van der Waals surface area contributed by atoms with E-state index in [-0.39, 0.29) is 16.8 Å². The highest BCUT2D eigenvalue weighted by Crippen LogP contribution is 2.29. The van der Waals surface area contributed by atoms with Crippen LogP contribution in [0.3, 0.4) is 0 Å². The molecule has 5 nitrogen and oxygen atoms in total. The summed E-state index contributed by atoms with van der Waals surface area (Å²) in [6.07, 6.45) is 3.10. The largest absolute Gasteiger partial charge is 0.352 e. The van der Waals surface area contributed by atoms with Crippen molar-refractivity contribution < 1.29 is 17.6 Å². The number of sulfonamides is 1. The summed E-state index contributed by atoms with van der Waals surface area (Å²) in [5.74, 6) is -0.691. The van der Waals surface area contributed by atoms with Crippen LogP contribution >= 0.6 is 0 Å². The van der Waals surface area contributed by atoms with E-state index < -0.39 is 21.9 Å². The highest BCUT2D eigenvalue weighted by atomic mass is 32.2. The van der Waals surface area contributed by atoms with Crippen molar-refractivity contribution in [3.8, 4) is 0 Å². The summed E-state index contributed by atoms with van der Waals surface area (Å²) in [6.45, 7) is 1.88. The quantitative estimate of drug-likeness (QED) is 0.913. The first-order valence-electron chi connectivity index (χ1n) is 7.48. The molecule has 1 saturated carbocycles. The first-order valence-corrected chi connectivity index (χ1v) is 8.92. The van der Waals surface area contributed by atoms with Gasteiger partial charge in [0.05, 0.1) is 4.90 Å². The highest BCUT2D eigenvalue weighted by Gasteiger charge is 2.41. The molecular formula is C15H19FN2O3S. The Bertz CT molecular complexity index is 701. The van der Waals surface area contributed by atoms with Gasteiger partial charge in [-0.15, -0.1) is 0 Å². The standard InChI is InChI=1S/C15H19FN2O3S/c1-10-9-11(16)4-7-14(10)22(20,21)18-8-2-3-13(18)15(19)17-12-5-6-12/h4,7,9,12-13H,2-3,5-6,8H2,1H3,(H,17,19). The highest BCUT2D eigenvalue weighted by molar-refractivity contribution is 7.89. The number of nitrogens with one attached hydrogen (secondary N) is 1. The Kier molecular flexibility index (Phi) is 3.94. The lowest BCUT2D eigenvalue weighted by molar-refractivity contribution is -0.124.